The molecule has 1 aromatic carbocycles. The summed E-state index contributed by atoms with van der Waals surface area (Å²) in [6.45, 7) is 1.84. The molecule has 0 radical (unpaired) electrons. The lowest BCUT2D eigenvalue weighted by Gasteiger charge is -2.08. The third-order valence-corrected chi connectivity index (χ3v) is 6.83. The van der Waals surface area contributed by atoms with Gasteiger partial charge in [-0.25, -0.2) is 9.97 Å². The van der Waals surface area contributed by atoms with E-state index in [1.807, 2.05) is 41.3 Å². The standard InChI is InChI=1S/C20H17N3O3S3/c1-11-17(29-19(21-11)12-6-7-27-9-12)18(24)23-20-22-15(10-28-20)14-5-4-13(25-2)8-16(14)26-3/h4-10H,1-3H3,(H,22,23,24). The fourth-order valence-corrected chi connectivity index (χ4v) is 5.11. The number of methoxy groups -OCH3 is 2. The molecule has 4 aromatic rings. The Morgan fingerprint density at radius 2 is 1.97 bits per heavy atom. The van der Waals surface area contributed by atoms with Gasteiger partial charge >= 0.3 is 0 Å². The third kappa shape index (κ3) is 4.02. The van der Waals surface area contributed by atoms with Crippen LogP contribution in [0.3, 0.4) is 0 Å². The number of benzene rings is 1. The second-order valence-electron chi connectivity index (χ2n) is 6.00. The number of carbonyl (C=O) groups is 1. The fourth-order valence-electron chi connectivity index (χ4n) is 2.74. The van der Waals surface area contributed by atoms with Crippen molar-refractivity contribution in [3.8, 4) is 33.3 Å². The van der Waals surface area contributed by atoms with Crippen LogP contribution in [0.15, 0.2) is 40.4 Å². The van der Waals surface area contributed by atoms with Crippen molar-refractivity contribution in [2.75, 3.05) is 19.5 Å². The summed E-state index contributed by atoms with van der Waals surface area (Å²) < 4.78 is 10.7. The quantitative estimate of drug-likeness (QED) is 0.421. The number of aryl methyl sites for hydroxylation is 1. The molecule has 0 atom stereocenters. The van der Waals surface area contributed by atoms with E-state index < -0.39 is 0 Å². The van der Waals surface area contributed by atoms with Crippen LogP contribution in [0, 0.1) is 6.92 Å². The molecular weight excluding hydrogens is 426 g/mol. The summed E-state index contributed by atoms with van der Waals surface area (Å²) >= 11 is 4.35. The highest BCUT2D eigenvalue weighted by Crippen LogP contribution is 2.35. The number of hydrogen-bond donors (Lipinski definition) is 1. The van der Waals surface area contributed by atoms with Gasteiger partial charge < -0.3 is 9.47 Å². The topological polar surface area (TPSA) is 73.3 Å². The maximum absolute atomic E-state index is 12.8. The van der Waals surface area contributed by atoms with Crippen LogP contribution in [0.5, 0.6) is 11.5 Å². The smallest absolute Gasteiger partial charge is 0.269 e. The Morgan fingerprint density at radius 3 is 2.69 bits per heavy atom. The Morgan fingerprint density at radius 1 is 1.10 bits per heavy atom. The van der Waals surface area contributed by atoms with E-state index in [0.717, 1.165) is 21.8 Å². The second kappa shape index (κ2) is 8.32. The molecule has 9 heteroatoms. The molecule has 0 aliphatic carbocycles. The highest BCUT2D eigenvalue weighted by molar-refractivity contribution is 7.18. The number of nitrogens with one attached hydrogen (secondary N) is 1. The summed E-state index contributed by atoms with van der Waals surface area (Å²) in [5.74, 6) is 1.16. The van der Waals surface area contributed by atoms with Crippen LogP contribution in [0.1, 0.15) is 15.4 Å². The molecule has 0 spiro atoms. The molecule has 1 N–H and O–H groups in total. The van der Waals surface area contributed by atoms with Crippen molar-refractivity contribution in [3.05, 3.63) is 51.0 Å². The monoisotopic (exact) mass is 443 g/mol. The number of aromatic nitrogens is 2. The first-order chi connectivity index (χ1) is 14.1. The molecule has 148 valence electrons. The summed E-state index contributed by atoms with van der Waals surface area (Å²) in [5, 5.41) is 10.2. The first-order valence-corrected chi connectivity index (χ1v) is 11.2. The van der Waals surface area contributed by atoms with Gasteiger partial charge in [0.25, 0.3) is 5.91 Å². The molecule has 0 aliphatic heterocycles. The van der Waals surface area contributed by atoms with Gasteiger partial charge in [-0.05, 0) is 30.5 Å². The van der Waals surface area contributed by atoms with Crippen molar-refractivity contribution in [2.24, 2.45) is 0 Å². The van der Waals surface area contributed by atoms with E-state index in [0.29, 0.717) is 27.2 Å². The van der Waals surface area contributed by atoms with Crippen molar-refractivity contribution < 1.29 is 14.3 Å². The summed E-state index contributed by atoms with van der Waals surface area (Å²) in [6, 6.07) is 7.54. The predicted molar refractivity (Wildman–Crippen MR) is 119 cm³/mol. The maximum atomic E-state index is 12.8. The van der Waals surface area contributed by atoms with E-state index in [-0.39, 0.29) is 5.91 Å². The molecule has 0 bridgehead atoms. The van der Waals surface area contributed by atoms with E-state index >= 15 is 0 Å². The predicted octanol–water partition coefficient (Wildman–Crippen LogP) is 5.57. The molecule has 29 heavy (non-hydrogen) atoms. The van der Waals surface area contributed by atoms with Crippen molar-refractivity contribution in [3.63, 3.8) is 0 Å². The van der Waals surface area contributed by atoms with Gasteiger partial charge in [0.05, 0.1) is 25.6 Å². The summed E-state index contributed by atoms with van der Waals surface area (Å²) in [4.78, 5) is 22.4. The largest absolute Gasteiger partial charge is 0.497 e. The highest BCUT2D eigenvalue weighted by atomic mass is 32.1. The van der Waals surface area contributed by atoms with E-state index in [1.54, 1.807) is 31.6 Å². The fraction of sp³-hybridized carbons (Fsp3) is 0.150. The van der Waals surface area contributed by atoms with Crippen LogP contribution >= 0.6 is 34.0 Å². The number of nitrogens with zero attached hydrogens (tertiary/aromatic N) is 2. The minimum absolute atomic E-state index is 0.205. The Hall–Kier alpha value is -2.75. The van der Waals surface area contributed by atoms with Crippen LogP contribution < -0.4 is 14.8 Å². The Kier molecular flexibility index (Phi) is 5.61. The van der Waals surface area contributed by atoms with Crippen molar-refractivity contribution in [1.82, 2.24) is 9.97 Å². The van der Waals surface area contributed by atoms with Gasteiger partial charge in [-0.15, -0.1) is 22.7 Å². The lowest BCUT2D eigenvalue weighted by Crippen LogP contribution is -2.11. The molecule has 6 nitrogen and oxygen atoms in total. The molecule has 0 fully saturated rings. The first-order valence-electron chi connectivity index (χ1n) is 8.58. The van der Waals surface area contributed by atoms with Gasteiger partial charge in [0.15, 0.2) is 5.13 Å². The summed E-state index contributed by atoms with van der Waals surface area (Å²) in [7, 11) is 3.21. The maximum Gasteiger partial charge on any atom is 0.269 e. The van der Waals surface area contributed by atoms with Gasteiger partial charge in [-0.3, -0.25) is 10.1 Å². The van der Waals surface area contributed by atoms with Gasteiger partial charge in [0, 0.05) is 28.0 Å². The summed E-state index contributed by atoms with van der Waals surface area (Å²) in [5.41, 5.74) is 3.30. The molecule has 3 heterocycles. The molecule has 3 aromatic heterocycles. The van der Waals surface area contributed by atoms with Crippen LogP contribution in [0.25, 0.3) is 21.8 Å². The second-order valence-corrected chi connectivity index (χ2v) is 8.64. The van der Waals surface area contributed by atoms with Crippen LogP contribution in [-0.4, -0.2) is 30.1 Å². The molecular formula is C20H17N3O3S3. The minimum Gasteiger partial charge on any atom is -0.497 e. The van der Waals surface area contributed by atoms with Crippen LogP contribution in [0.4, 0.5) is 5.13 Å². The van der Waals surface area contributed by atoms with Gasteiger partial charge in [-0.2, -0.15) is 11.3 Å². The van der Waals surface area contributed by atoms with Gasteiger partial charge in [0.2, 0.25) is 0 Å². The molecule has 0 aliphatic rings. The number of ether oxygens (including phenoxy) is 2. The summed E-state index contributed by atoms with van der Waals surface area (Å²) in [6.07, 6.45) is 0. The zero-order valence-corrected chi connectivity index (χ0v) is 18.3. The average Bonchev–Trinajstić information content (AvgIpc) is 3.48. The lowest BCUT2D eigenvalue weighted by atomic mass is 10.1. The number of amides is 1. The number of rotatable bonds is 6. The van der Waals surface area contributed by atoms with Gasteiger partial charge in [-0.1, -0.05) is 0 Å². The number of carbonyl (C=O) groups excluding carboxylic acids is 1. The normalized spacial score (nSPS) is 10.7. The number of hydrogen-bond acceptors (Lipinski definition) is 8. The molecule has 1 amide bonds. The van der Waals surface area contributed by atoms with Crippen molar-refractivity contribution >= 4 is 45.0 Å². The number of thiazole rings is 2. The minimum atomic E-state index is -0.205. The average molecular weight is 444 g/mol. The Labute approximate surface area is 179 Å². The van der Waals surface area contributed by atoms with Crippen molar-refractivity contribution in [2.45, 2.75) is 6.92 Å². The van der Waals surface area contributed by atoms with E-state index in [1.165, 1.54) is 22.7 Å². The zero-order chi connectivity index (χ0) is 20.4. The van der Waals surface area contributed by atoms with Crippen LogP contribution in [0.2, 0.25) is 0 Å². The van der Waals surface area contributed by atoms with Gasteiger partial charge in [0.1, 0.15) is 21.4 Å². The SMILES string of the molecule is COc1ccc(-c2csc(NC(=O)c3sc(-c4ccsc4)nc3C)n2)c(OC)c1. The lowest BCUT2D eigenvalue weighted by molar-refractivity contribution is 0.103. The number of anilines is 1. The molecule has 0 unspecified atom stereocenters. The van der Waals surface area contributed by atoms with E-state index in [4.69, 9.17) is 9.47 Å². The third-order valence-electron chi connectivity index (χ3n) is 4.18. The molecule has 0 saturated carbocycles. The van der Waals surface area contributed by atoms with E-state index in [9.17, 15) is 4.79 Å². The molecule has 4 rings (SSSR count). The molecule has 0 saturated heterocycles. The number of thiophene rings is 1. The highest BCUT2D eigenvalue weighted by Gasteiger charge is 2.18. The first kappa shape index (κ1) is 19.6. The zero-order valence-electron chi connectivity index (χ0n) is 15.9. The Bertz CT molecular complexity index is 1150. The van der Waals surface area contributed by atoms with E-state index in [2.05, 4.69) is 15.3 Å². The van der Waals surface area contributed by atoms with Crippen LogP contribution in [-0.2, 0) is 0 Å². The van der Waals surface area contributed by atoms with Crippen molar-refractivity contribution in [1.29, 1.82) is 0 Å². The Balaban J connectivity index is 1.55.